The van der Waals surface area contributed by atoms with Gasteiger partial charge in [0.25, 0.3) is 5.91 Å². The van der Waals surface area contributed by atoms with Gasteiger partial charge >= 0.3 is 0 Å². The summed E-state index contributed by atoms with van der Waals surface area (Å²) in [5, 5.41) is 13.3. The average molecular weight is 375 g/mol. The molecule has 0 bridgehead atoms. The van der Waals surface area contributed by atoms with E-state index in [1.54, 1.807) is 19.5 Å². The van der Waals surface area contributed by atoms with Crippen molar-refractivity contribution in [3.63, 3.8) is 0 Å². The Balaban J connectivity index is 1.54. The van der Waals surface area contributed by atoms with Crippen LogP contribution in [-0.2, 0) is 11.8 Å². The lowest BCUT2D eigenvalue weighted by Crippen LogP contribution is -2.29. The SMILES string of the molecule is CN1C(=O)/C(=C/c2ccc3ncn(C)c3c2)NC1=NCC(O)c1ccccc1. The minimum absolute atomic E-state index is 0.165. The molecule has 0 radical (unpaired) electrons. The van der Waals surface area contributed by atoms with E-state index >= 15 is 0 Å². The highest BCUT2D eigenvalue weighted by atomic mass is 16.3. The molecule has 1 aliphatic rings. The Bertz CT molecular complexity index is 1080. The van der Waals surface area contributed by atoms with E-state index in [4.69, 9.17) is 0 Å². The monoisotopic (exact) mass is 375 g/mol. The predicted molar refractivity (Wildman–Crippen MR) is 108 cm³/mol. The lowest BCUT2D eigenvalue weighted by atomic mass is 10.1. The van der Waals surface area contributed by atoms with Gasteiger partial charge in [0.2, 0.25) is 5.96 Å². The highest BCUT2D eigenvalue weighted by Gasteiger charge is 2.28. The second-order valence-electron chi connectivity index (χ2n) is 6.74. The number of guanidine groups is 1. The molecule has 1 fully saturated rings. The molecule has 2 N–H and O–H groups in total. The largest absolute Gasteiger partial charge is 0.386 e. The molecule has 0 saturated carbocycles. The zero-order chi connectivity index (χ0) is 19.7. The summed E-state index contributed by atoms with van der Waals surface area (Å²) in [5.74, 6) is 0.255. The summed E-state index contributed by atoms with van der Waals surface area (Å²) in [7, 11) is 3.59. The van der Waals surface area contributed by atoms with Crippen molar-refractivity contribution in [1.29, 1.82) is 0 Å². The van der Waals surface area contributed by atoms with E-state index in [1.807, 2.05) is 60.1 Å². The number of hydrogen-bond donors (Lipinski definition) is 2. The Kier molecular flexibility index (Phi) is 4.67. The van der Waals surface area contributed by atoms with E-state index in [9.17, 15) is 9.90 Å². The molecular formula is C21H21N5O2. The van der Waals surface area contributed by atoms with Crippen molar-refractivity contribution < 1.29 is 9.90 Å². The van der Waals surface area contributed by atoms with Gasteiger partial charge in [-0.25, -0.2) is 9.98 Å². The summed E-state index contributed by atoms with van der Waals surface area (Å²) in [5.41, 5.74) is 4.03. The lowest BCUT2D eigenvalue weighted by molar-refractivity contribution is -0.121. The summed E-state index contributed by atoms with van der Waals surface area (Å²) < 4.78 is 1.94. The van der Waals surface area contributed by atoms with Crippen LogP contribution in [0.3, 0.4) is 0 Å². The molecule has 3 aromatic rings. The number of benzene rings is 2. The summed E-state index contributed by atoms with van der Waals surface area (Å²) in [6, 6.07) is 15.2. The van der Waals surface area contributed by atoms with Gasteiger partial charge in [-0.1, -0.05) is 36.4 Å². The second-order valence-corrected chi connectivity index (χ2v) is 6.74. The quantitative estimate of drug-likeness (QED) is 0.684. The minimum Gasteiger partial charge on any atom is -0.386 e. The van der Waals surface area contributed by atoms with Crippen LogP contribution in [0.5, 0.6) is 0 Å². The summed E-state index contributed by atoms with van der Waals surface area (Å²) in [4.78, 5) is 22.7. The smallest absolute Gasteiger partial charge is 0.276 e. The number of aryl methyl sites for hydroxylation is 1. The highest BCUT2D eigenvalue weighted by Crippen LogP contribution is 2.19. The molecule has 142 valence electrons. The molecule has 1 unspecified atom stereocenters. The predicted octanol–water partition coefficient (Wildman–Crippen LogP) is 2.07. The van der Waals surface area contributed by atoms with Crippen molar-refractivity contribution >= 4 is 29.0 Å². The van der Waals surface area contributed by atoms with E-state index in [1.165, 1.54) is 4.90 Å². The topological polar surface area (TPSA) is 82.8 Å². The number of aliphatic imine (C=N–C) groups is 1. The van der Waals surface area contributed by atoms with Crippen LogP contribution in [0.4, 0.5) is 0 Å². The number of likely N-dealkylation sites (N-methyl/N-ethyl adjacent to an activating group) is 1. The molecular weight excluding hydrogens is 354 g/mol. The Labute approximate surface area is 162 Å². The Morgan fingerprint density at radius 1 is 1.21 bits per heavy atom. The van der Waals surface area contributed by atoms with E-state index in [0.717, 1.165) is 22.2 Å². The number of imidazole rings is 1. The Morgan fingerprint density at radius 2 is 2.00 bits per heavy atom. The minimum atomic E-state index is -0.723. The standard InChI is InChI=1S/C21H21N5O2/c1-25-13-23-16-9-8-14(11-18(16)25)10-17-20(28)26(2)21(24-17)22-12-19(27)15-6-4-3-5-7-15/h3-11,13,19,27H,12H2,1-2H3,(H,22,24)/b17-10-. The number of rotatable bonds is 4. The first kappa shape index (κ1) is 17.9. The molecule has 1 saturated heterocycles. The van der Waals surface area contributed by atoms with Crippen LogP contribution >= 0.6 is 0 Å². The number of aliphatic hydroxyl groups excluding tert-OH is 1. The molecule has 7 nitrogen and oxygen atoms in total. The fourth-order valence-corrected chi connectivity index (χ4v) is 3.13. The zero-order valence-corrected chi connectivity index (χ0v) is 15.7. The summed E-state index contributed by atoms with van der Waals surface area (Å²) in [6.07, 6.45) is 2.83. The number of amides is 1. The molecule has 2 heterocycles. The van der Waals surface area contributed by atoms with Gasteiger partial charge in [0.1, 0.15) is 5.70 Å². The van der Waals surface area contributed by atoms with Gasteiger partial charge in [-0.3, -0.25) is 9.69 Å². The Morgan fingerprint density at radius 3 is 2.79 bits per heavy atom. The first-order chi connectivity index (χ1) is 13.5. The average Bonchev–Trinajstić information content (AvgIpc) is 3.21. The fourth-order valence-electron chi connectivity index (χ4n) is 3.13. The zero-order valence-electron chi connectivity index (χ0n) is 15.7. The van der Waals surface area contributed by atoms with Crippen molar-refractivity contribution in [2.24, 2.45) is 12.0 Å². The van der Waals surface area contributed by atoms with Gasteiger partial charge in [0, 0.05) is 14.1 Å². The molecule has 0 spiro atoms. The number of aliphatic hydroxyl groups is 1. The Hall–Kier alpha value is -3.45. The molecule has 4 rings (SSSR count). The number of nitrogens with one attached hydrogen (secondary N) is 1. The molecule has 7 heteroatoms. The van der Waals surface area contributed by atoms with Gasteiger partial charge in [-0.2, -0.15) is 0 Å². The number of hydrogen-bond acceptors (Lipinski definition) is 4. The number of aromatic nitrogens is 2. The van der Waals surface area contributed by atoms with Gasteiger partial charge in [-0.05, 0) is 29.3 Å². The number of fused-ring (bicyclic) bond motifs is 1. The molecule has 0 aliphatic carbocycles. The van der Waals surface area contributed by atoms with Crippen molar-refractivity contribution in [3.8, 4) is 0 Å². The molecule has 1 aromatic heterocycles. The second kappa shape index (κ2) is 7.28. The fraction of sp³-hybridized carbons (Fsp3) is 0.190. The lowest BCUT2D eigenvalue weighted by Gasteiger charge is -2.11. The van der Waals surface area contributed by atoms with E-state index in [2.05, 4.69) is 15.3 Å². The molecule has 1 amide bonds. The van der Waals surface area contributed by atoms with E-state index in [-0.39, 0.29) is 12.5 Å². The van der Waals surface area contributed by atoms with Crippen molar-refractivity contribution in [2.45, 2.75) is 6.10 Å². The molecule has 1 aliphatic heterocycles. The third-order valence-corrected chi connectivity index (χ3v) is 4.76. The third kappa shape index (κ3) is 3.39. The molecule has 2 aromatic carbocycles. The number of carbonyl (C=O) groups excluding carboxylic acids is 1. The van der Waals surface area contributed by atoms with Gasteiger partial charge in [-0.15, -0.1) is 0 Å². The molecule has 1 atom stereocenters. The van der Waals surface area contributed by atoms with Gasteiger partial charge in [0.15, 0.2) is 0 Å². The highest BCUT2D eigenvalue weighted by molar-refractivity contribution is 6.15. The van der Waals surface area contributed by atoms with Crippen LogP contribution in [0.1, 0.15) is 17.2 Å². The third-order valence-electron chi connectivity index (χ3n) is 4.76. The summed E-state index contributed by atoms with van der Waals surface area (Å²) in [6.45, 7) is 0.165. The van der Waals surface area contributed by atoms with Crippen molar-refractivity contribution in [1.82, 2.24) is 19.8 Å². The molecule has 28 heavy (non-hydrogen) atoms. The maximum Gasteiger partial charge on any atom is 0.276 e. The van der Waals surface area contributed by atoms with Crippen molar-refractivity contribution in [2.75, 3.05) is 13.6 Å². The van der Waals surface area contributed by atoms with E-state index < -0.39 is 6.10 Å². The maximum atomic E-state index is 12.5. The van der Waals surface area contributed by atoms with Crippen molar-refractivity contribution in [3.05, 3.63) is 71.7 Å². The first-order valence-corrected chi connectivity index (χ1v) is 8.98. The maximum absolute atomic E-state index is 12.5. The van der Waals surface area contributed by atoms with Crippen LogP contribution < -0.4 is 5.32 Å². The summed E-state index contributed by atoms with van der Waals surface area (Å²) >= 11 is 0. The number of carbonyl (C=O) groups is 1. The normalized spacial score (nSPS) is 18.2. The number of nitrogens with zero attached hydrogens (tertiary/aromatic N) is 4. The van der Waals surface area contributed by atoms with Crippen LogP contribution in [0.25, 0.3) is 17.1 Å². The van der Waals surface area contributed by atoms with Gasteiger partial charge in [0.05, 0.1) is 30.0 Å². The van der Waals surface area contributed by atoms with Crippen LogP contribution in [0.15, 0.2) is 65.5 Å². The van der Waals surface area contributed by atoms with E-state index in [0.29, 0.717) is 11.7 Å². The van der Waals surface area contributed by atoms with Crippen LogP contribution in [-0.4, -0.2) is 45.0 Å². The van der Waals surface area contributed by atoms with Gasteiger partial charge < -0.3 is 15.0 Å². The van der Waals surface area contributed by atoms with Crippen LogP contribution in [0, 0.1) is 0 Å². The van der Waals surface area contributed by atoms with Crippen LogP contribution in [0.2, 0.25) is 0 Å². The first-order valence-electron chi connectivity index (χ1n) is 8.98.